The van der Waals surface area contributed by atoms with E-state index in [-0.39, 0.29) is 0 Å². The Labute approximate surface area is 165 Å². The monoisotopic (exact) mass is 368 g/mol. The highest BCUT2D eigenvalue weighted by Gasteiger charge is 2.41. The Bertz CT molecular complexity index is 1030. The molecule has 3 aromatic rings. The van der Waals surface area contributed by atoms with Crippen molar-refractivity contribution in [2.75, 3.05) is 5.73 Å². The molecule has 4 nitrogen and oxygen atoms in total. The summed E-state index contributed by atoms with van der Waals surface area (Å²) in [6.07, 6.45) is 3.69. The first-order valence-electron chi connectivity index (χ1n) is 9.21. The van der Waals surface area contributed by atoms with Crippen molar-refractivity contribution in [1.82, 2.24) is 0 Å². The second kappa shape index (κ2) is 6.77. The Morgan fingerprint density at radius 1 is 0.536 bits per heavy atom. The summed E-state index contributed by atoms with van der Waals surface area (Å²) in [5.74, 6) is 0. The molecule has 0 aromatic heterocycles. The van der Waals surface area contributed by atoms with Crippen molar-refractivity contribution < 1.29 is 0 Å². The molecule has 0 saturated carbocycles. The summed E-state index contributed by atoms with van der Waals surface area (Å²) in [5.41, 5.74) is 29.2. The molecule has 0 saturated heterocycles. The fraction of sp³-hybridized carbons (Fsp3) is 0.0833. The van der Waals surface area contributed by atoms with Crippen LogP contribution in [0.5, 0.6) is 0 Å². The maximum absolute atomic E-state index is 7.06. The van der Waals surface area contributed by atoms with Gasteiger partial charge in [0.15, 0.2) is 0 Å². The topological polar surface area (TPSA) is 104 Å². The Morgan fingerprint density at radius 3 is 1.57 bits per heavy atom. The van der Waals surface area contributed by atoms with Gasteiger partial charge in [0.25, 0.3) is 0 Å². The predicted octanol–water partition coefficient (Wildman–Crippen LogP) is 3.22. The SMILES string of the molecule is Nc1ccc(C2(N)C=CC(N)(N)C(c3ccccc3)=C2c2ccccc2)cc1. The molecule has 0 aliphatic heterocycles. The summed E-state index contributed by atoms with van der Waals surface area (Å²) in [7, 11) is 0. The second-order valence-electron chi connectivity index (χ2n) is 7.24. The van der Waals surface area contributed by atoms with E-state index >= 15 is 0 Å². The van der Waals surface area contributed by atoms with Gasteiger partial charge in [-0.1, -0.05) is 78.9 Å². The van der Waals surface area contributed by atoms with E-state index in [2.05, 4.69) is 0 Å². The third-order valence-electron chi connectivity index (χ3n) is 5.23. The van der Waals surface area contributed by atoms with Crippen LogP contribution in [0.1, 0.15) is 16.7 Å². The third kappa shape index (κ3) is 3.04. The van der Waals surface area contributed by atoms with Crippen molar-refractivity contribution in [3.05, 3.63) is 114 Å². The molecule has 4 rings (SSSR count). The molecule has 0 amide bonds. The molecule has 3 aromatic carbocycles. The van der Waals surface area contributed by atoms with Crippen molar-refractivity contribution in [1.29, 1.82) is 0 Å². The fourth-order valence-electron chi connectivity index (χ4n) is 3.85. The van der Waals surface area contributed by atoms with E-state index in [1.165, 1.54) is 0 Å². The van der Waals surface area contributed by atoms with E-state index in [0.29, 0.717) is 5.69 Å². The van der Waals surface area contributed by atoms with Gasteiger partial charge in [-0.05, 0) is 40.5 Å². The summed E-state index contributed by atoms with van der Waals surface area (Å²) in [6, 6.07) is 27.6. The van der Waals surface area contributed by atoms with Gasteiger partial charge in [0.05, 0.1) is 5.54 Å². The Kier molecular flexibility index (Phi) is 4.40. The first-order chi connectivity index (χ1) is 13.4. The molecule has 0 heterocycles. The van der Waals surface area contributed by atoms with Gasteiger partial charge in [-0.2, -0.15) is 0 Å². The average molecular weight is 368 g/mol. The Balaban J connectivity index is 2.07. The van der Waals surface area contributed by atoms with Gasteiger partial charge in [0.1, 0.15) is 5.66 Å². The zero-order valence-electron chi connectivity index (χ0n) is 15.5. The highest BCUT2D eigenvalue weighted by molar-refractivity contribution is 6.01. The van der Waals surface area contributed by atoms with Crippen molar-refractivity contribution in [2.24, 2.45) is 17.2 Å². The van der Waals surface area contributed by atoms with Gasteiger partial charge >= 0.3 is 0 Å². The lowest BCUT2D eigenvalue weighted by Gasteiger charge is -2.41. The maximum atomic E-state index is 7.06. The van der Waals surface area contributed by atoms with Crippen LogP contribution in [0.25, 0.3) is 11.1 Å². The highest BCUT2D eigenvalue weighted by Crippen LogP contribution is 2.46. The first-order valence-corrected chi connectivity index (χ1v) is 9.21. The lowest BCUT2D eigenvalue weighted by atomic mass is 9.69. The molecule has 1 aliphatic carbocycles. The van der Waals surface area contributed by atoms with Crippen LogP contribution >= 0.6 is 0 Å². The van der Waals surface area contributed by atoms with Crippen molar-refractivity contribution in [3.8, 4) is 0 Å². The van der Waals surface area contributed by atoms with E-state index in [4.69, 9.17) is 22.9 Å². The number of hydrogen-bond acceptors (Lipinski definition) is 4. The lowest BCUT2D eigenvalue weighted by Crippen LogP contribution is -2.54. The summed E-state index contributed by atoms with van der Waals surface area (Å²) in [6.45, 7) is 0. The predicted molar refractivity (Wildman–Crippen MR) is 117 cm³/mol. The van der Waals surface area contributed by atoms with E-state index in [1.807, 2.05) is 91.0 Å². The van der Waals surface area contributed by atoms with Gasteiger partial charge in [0, 0.05) is 11.3 Å². The Hall–Kier alpha value is -3.18. The Morgan fingerprint density at radius 2 is 1.04 bits per heavy atom. The minimum Gasteiger partial charge on any atom is -0.399 e. The first kappa shape index (κ1) is 18.2. The van der Waals surface area contributed by atoms with Gasteiger partial charge in [-0.3, -0.25) is 0 Å². The number of anilines is 1. The standard InChI is InChI=1S/C24H24N4/c25-20-13-11-19(12-14-20)23(26)15-16-24(27,28)22(18-9-5-2-6-10-18)21(23)17-7-3-1-4-8-17/h1-16H,25-28H2. The minimum atomic E-state index is -1.15. The number of nitrogen functional groups attached to an aromatic ring is 1. The van der Waals surface area contributed by atoms with Crippen LogP contribution in [0.2, 0.25) is 0 Å². The van der Waals surface area contributed by atoms with Gasteiger partial charge in [-0.25, -0.2) is 0 Å². The molecule has 0 spiro atoms. The van der Waals surface area contributed by atoms with E-state index in [9.17, 15) is 0 Å². The minimum absolute atomic E-state index is 0.688. The molecule has 0 bridgehead atoms. The van der Waals surface area contributed by atoms with Crippen LogP contribution in [0.15, 0.2) is 97.1 Å². The van der Waals surface area contributed by atoms with Crippen LogP contribution in [0.4, 0.5) is 5.69 Å². The molecule has 140 valence electrons. The summed E-state index contributed by atoms with van der Waals surface area (Å²) >= 11 is 0. The van der Waals surface area contributed by atoms with Crippen LogP contribution in [0.3, 0.4) is 0 Å². The molecule has 4 heteroatoms. The van der Waals surface area contributed by atoms with Gasteiger partial charge < -0.3 is 22.9 Å². The van der Waals surface area contributed by atoms with E-state index < -0.39 is 11.2 Å². The molecule has 1 atom stereocenters. The van der Waals surface area contributed by atoms with Crippen LogP contribution in [0, 0.1) is 0 Å². The molecular formula is C24H24N4. The van der Waals surface area contributed by atoms with Crippen LogP contribution < -0.4 is 22.9 Å². The van der Waals surface area contributed by atoms with Crippen molar-refractivity contribution in [2.45, 2.75) is 11.2 Å². The molecule has 1 unspecified atom stereocenters. The second-order valence-corrected chi connectivity index (χ2v) is 7.24. The zero-order chi connectivity index (χ0) is 19.8. The molecule has 0 radical (unpaired) electrons. The zero-order valence-corrected chi connectivity index (χ0v) is 15.5. The van der Waals surface area contributed by atoms with Crippen molar-refractivity contribution >= 4 is 16.8 Å². The van der Waals surface area contributed by atoms with E-state index in [1.54, 1.807) is 6.08 Å². The molecule has 0 fully saturated rings. The number of benzene rings is 3. The fourth-order valence-corrected chi connectivity index (χ4v) is 3.85. The summed E-state index contributed by atoms with van der Waals surface area (Å²) < 4.78 is 0. The van der Waals surface area contributed by atoms with Gasteiger partial charge in [-0.15, -0.1) is 0 Å². The lowest BCUT2D eigenvalue weighted by molar-refractivity contribution is 0.648. The van der Waals surface area contributed by atoms with Crippen LogP contribution in [-0.4, -0.2) is 5.66 Å². The summed E-state index contributed by atoms with van der Waals surface area (Å²) in [5, 5.41) is 0. The van der Waals surface area contributed by atoms with Crippen molar-refractivity contribution in [3.63, 3.8) is 0 Å². The molecule has 28 heavy (non-hydrogen) atoms. The maximum Gasteiger partial charge on any atom is 0.110 e. The largest absolute Gasteiger partial charge is 0.399 e. The highest BCUT2D eigenvalue weighted by atomic mass is 15.0. The quantitative estimate of drug-likeness (QED) is 0.324. The average Bonchev–Trinajstić information content (AvgIpc) is 2.71. The molecule has 8 N–H and O–H groups in total. The number of nitrogens with two attached hydrogens (primary N) is 4. The number of rotatable bonds is 3. The molecule has 1 aliphatic rings. The van der Waals surface area contributed by atoms with E-state index in [0.717, 1.165) is 27.8 Å². The number of hydrogen-bond donors (Lipinski definition) is 4. The third-order valence-corrected chi connectivity index (χ3v) is 5.23. The van der Waals surface area contributed by atoms with Crippen LogP contribution in [-0.2, 0) is 5.54 Å². The smallest absolute Gasteiger partial charge is 0.110 e. The van der Waals surface area contributed by atoms with Gasteiger partial charge in [0.2, 0.25) is 0 Å². The molecular weight excluding hydrogens is 344 g/mol. The summed E-state index contributed by atoms with van der Waals surface area (Å²) in [4.78, 5) is 0. The normalized spacial score (nSPS) is 21.0.